The molecule has 3 aliphatic rings. The number of amides is 1. The van der Waals surface area contributed by atoms with E-state index in [2.05, 4.69) is 28.2 Å². The summed E-state index contributed by atoms with van der Waals surface area (Å²) >= 11 is 0. The maximum Gasteiger partial charge on any atom is 0.262 e. The molecule has 1 unspecified atom stereocenters. The maximum absolute atomic E-state index is 13.6. The highest BCUT2D eigenvalue weighted by atomic mass is 16.5. The number of nitrogens with zero attached hydrogens (tertiary/aromatic N) is 4. The van der Waals surface area contributed by atoms with E-state index in [0.717, 1.165) is 48.9 Å². The molecular weight excluding hydrogens is 366 g/mol. The molecule has 1 aromatic heterocycles. The summed E-state index contributed by atoms with van der Waals surface area (Å²) in [4.78, 5) is 28.6. The summed E-state index contributed by atoms with van der Waals surface area (Å²) in [5.74, 6) is 0.266. The predicted octanol–water partition coefficient (Wildman–Crippen LogP) is 2.26. The molecule has 7 nitrogen and oxygen atoms in total. The molecule has 1 fully saturated rings. The molecule has 2 aromatic rings. The van der Waals surface area contributed by atoms with Crippen molar-refractivity contribution < 1.29 is 9.53 Å². The number of benzene rings is 1. The van der Waals surface area contributed by atoms with Gasteiger partial charge in [0.05, 0.1) is 18.0 Å². The highest BCUT2D eigenvalue weighted by molar-refractivity contribution is 6.08. The van der Waals surface area contributed by atoms with Crippen molar-refractivity contribution in [1.82, 2.24) is 14.9 Å². The van der Waals surface area contributed by atoms with Crippen LogP contribution in [0.1, 0.15) is 36.8 Å². The van der Waals surface area contributed by atoms with Crippen LogP contribution in [-0.2, 0) is 21.5 Å². The summed E-state index contributed by atoms with van der Waals surface area (Å²) in [6.07, 6.45) is 9.77. The number of methoxy groups -OCH3 is 1. The van der Waals surface area contributed by atoms with Gasteiger partial charge < -0.3 is 10.5 Å². The Hall–Kier alpha value is -2.80. The largest absolute Gasteiger partial charge is 0.381 e. The van der Waals surface area contributed by atoms with E-state index in [-0.39, 0.29) is 17.4 Å². The molecule has 150 valence electrons. The number of ether oxygens (including phenoxy) is 1. The van der Waals surface area contributed by atoms with Crippen LogP contribution in [0.5, 0.6) is 0 Å². The summed E-state index contributed by atoms with van der Waals surface area (Å²) in [5, 5.41) is 0. The molecule has 0 radical (unpaired) electrons. The third-order valence-electron chi connectivity index (χ3n) is 7.12. The zero-order valence-corrected chi connectivity index (χ0v) is 16.8. The van der Waals surface area contributed by atoms with Crippen molar-refractivity contribution in [3.05, 3.63) is 47.9 Å². The van der Waals surface area contributed by atoms with Gasteiger partial charge in [0.1, 0.15) is 0 Å². The molecular formula is C22H25N5O2. The average molecular weight is 391 g/mol. The zero-order valence-electron chi connectivity index (χ0n) is 16.8. The standard InChI is InChI=1S/C22H25N5O2/c1-27-19(28)22(26-20(27)23)17-11-14(18-13-24-9-10-25-18)3-4-15(17)12-21(22)7-5-16(29-2)6-8-21/h3-4,9-11,13,16H,5-8,12H2,1-2H3,(H2,23,26). The van der Waals surface area contributed by atoms with E-state index in [1.54, 1.807) is 32.7 Å². The van der Waals surface area contributed by atoms with Crippen LogP contribution >= 0.6 is 0 Å². The lowest BCUT2D eigenvalue weighted by atomic mass is 9.61. The van der Waals surface area contributed by atoms with Gasteiger partial charge in [0, 0.05) is 37.5 Å². The number of rotatable bonds is 2. The lowest BCUT2D eigenvalue weighted by molar-refractivity contribution is -0.137. The Morgan fingerprint density at radius 1 is 1.24 bits per heavy atom. The van der Waals surface area contributed by atoms with E-state index in [1.807, 2.05) is 0 Å². The smallest absolute Gasteiger partial charge is 0.262 e. The molecule has 1 atom stereocenters. The molecule has 0 bridgehead atoms. The monoisotopic (exact) mass is 391 g/mol. The molecule has 1 aromatic carbocycles. The normalized spacial score (nSPS) is 30.8. The van der Waals surface area contributed by atoms with E-state index in [9.17, 15) is 4.79 Å². The fourth-order valence-electron chi connectivity index (χ4n) is 5.53. The quantitative estimate of drug-likeness (QED) is 0.847. The van der Waals surface area contributed by atoms with E-state index < -0.39 is 5.54 Å². The summed E-state index contributed by atoms with van der Waals surface area (Å²) in [5.41, 5.74) is 8.82. The summed E-state index contributed by atoms with van der Waals surface area (Å²) < 4.78 is 5.60. The Kier molecular flexibility index (Phi) is 4.00. The van der Waals surface area contributed by atoms with Crippen LogP contribution in [0.15, 0.2) is 41.8 Å². The average Bonchev–Trinajstić information content (AvgIpc) is 3.15. The predicted molar refractivity (Wildman–Crippen MR) is 109 cm³/mol. The van der Waals surface area contributed by atoms with Crippen molar-refractivity contribution >= 4 is 11.9 Å². The summed E-state index contributed by atoms with van der Waals surface area (Å²) in [7, 11) is 3.48. The minimum absolute atomic E-state index is 0.0269. The molecule has 1 amide bonds. The minimum Gasteiger partial charge on any atom is -0.381 e. The molecule has 5 rings (SSSR count). The first-order valence-corrected chi connectivity index (χ1v) is 10.1. The highest BCUT2D eigenvalue weighted by Gasteiger charge is 2.66. The SMILES string of the molecule is COC1CCC2(CC1)Cc1ccc(-c3cnccn3)cc1C21N=C(N)N(C)C1=O. The molecule has 7 heteroatoms. The number of nitrogens with two attached hydrogens (primary N) is 1. The van der Waals surface area contributed by atoms with Crippen LogP contribution in [-0.4, -0.2) is 47.0 Å². The van der Waals surface area contributed by atoms with Gasteiger partial charge in [0.25, 0.3) is 5.91 Å². The summed E-state index contributed by atoms with van der Waals surface area (Å²) in [6.45, 7) is 0. The van der Waals surface area contributed by atoms with Gasteiger partial charge in [-0.3, -0.25) is 19.7 Å². The number of carbonyl (C=O) groups is 1. The number of hydrogen-bond acceptors (Lipinski definition) is 6. The van der Waals surface area contributed by atoms with Gasteiger partial charge in [-0.05, 0) is 49.3 Å². The van der Waals surface area contributed by atoms with E-state index in [4.69, 9.17) is 15.5 Å². The van der Waals surface area contributed by atoms with Gasteiger partial charge in [0.15, 0.2) is 11.5 Å². The van der Waals surface area contributed by atoms with Crippen LogP contribution in [0.3, 0.4) is 0 Å². The van der Waals surface area contributed by atoms with Crippen molar-refractivity contribution in [2.45, 2.75) is 43.7 Å². The zero-order chi connectivity index (χ0) is 20.2. The van der Waals surface area contributed by atoms with Crippen LogP contribution in [0.4, 0.5) is 0 Å². The second kappa shape index (κ2) is 6.35. The van der Waals surface area contributed by atoms with Crippen LogP contribution in [0.25, 0.3) is 11.3 Å². The third-order valence-corrected chi connectivity index (χ3v) is 7.12. The van der Waals surface area contributed by atoms with Gasteiger partial charge in [-0.25, -0.2) is 4.99 Å². The van der Waals surface area contributed by atoms with Gasteiger partial charge >= 0.3 is 0 Å². The van der Waals surface area contributed by atoms with Crippen molar-refractivity contribution in [1.29, 1.82) is 0 Å². The first kappa shape index (κ1) is 18.2. The second-order valence-corrected chi connectivity index (χ2v) is 8.40. The Labute approximate surface area is 170 Å². The van der Waals surface area contributed by atoms with Crippen molar-refractivity contribution in [3.63, 3.8) is 0 Å². The summed E-state index contributed by atoms with van der Waals surface area (Å²) in [6, 6.07) is 6.26. The van der Waals surface area contributed by atoms with Crippen LogP contribution in [0, 0.1) is 5.41 Å². The van der Waals surface area contributed by atoms with Gasteiger partial charge in [-0.2, -0.15) is 0 Å². The number of aliphatic imine (C=N–C) groups is 1. The second-order valence-electron chi connectivity index (χ2n) is 8.40. The van der Waals surface area contributed by atoms with E-state index in [1.165, 1.54) is 10.5 Å². The number of fused-ring (bicyclic) bond motifs is 3. The van der Waals surface area contributed by atoms with Gasteiger partial charge in [0.2, 0.25) is 0 Å². The van der Waals surface area contributed by atoms with E-state index >= 15 is 0 Å². The molecule has 29 heavy (non-hydrogen) atoms. The fraction of sp³-hybridized carbons (Fsp3) is 0.455. The number of guanidine groups is 1. The maximum atomic E-state index is 13.6. The van der Waals surface area contributed by atoms with Crippen molar-refractivity contribution in [2.75, 3.05) is 14.2 Å². The topological polar surface area (TPSA) is 93.7 Å². The Balaban J connectivity index is 1.68. The Morgan fingerprint density at radius 3 is 2.66 bits per heavy atom. The first-order valence-electron chi connectivity index (χ1n) is 10.1. The first-order chi connectivity index (χ1) is 14.0. The number of hydrogen-bond donors (Lipinski definition) is 1. The Bertz CT molecular complexity index is 998. The van der Waals surface area contributed by atoms with Gasteiger partial charge in [-0.1, -0.05) is 12.1 Å². The van der Waals surface area contributed by atoms with Crippen LogP contribution < -0.4 is 5.73 Å². The molecule has 1 aliphatic heterocycles. The van der Waals surface area contributed by atoms with Gasteiger partial charge in [-0.15, -0.1) is 0 Å². The number of aromatic nitrogens is 2. The molecule has 2 spiro atoms. The molecule has 1 saturated carbocycles. The highest BCUT2D eigenvalue weighted by Crippen LogP contribution is 2.62. The molecule has 2 heterocycles. The lowest BCUT2D eigenvalue weighted by Gasteiger charge is -2.45. The fourth-order valence-corrected chi connectivity index (χ4v) is 5.53. The molecule has 0 saturated heterocycles. The van der Waals surface area contributed by atoms with E-state index in [0.29, 0.717) is 5.96 Å². The molecule has 2 N–H and O–H groups in total. The third kappa shape index (κ3) is 2.40. The minimum atomic E-state index is -0.960. The van der Waals surface area contributed by atoms with Crippen molar-refractivity contribution in [2.24, 2.45) is 16.1 Å². The van der Waals surface area contributed by atoms with Crippen molar-refractivity contribution in [3.8, 4) is 11.3 Å². The Morgan fingerprint density at radius 2 is 2.03 bits per heavy atom. The molecule has 2 aliphatic carbocycles. The van der Waals surface area contributed by atoms with Crippen LogP contribution in [0.2, 0.25) is 0 Å². The lowest BCUT2D eigenvalue weighted by Crippen LogP contribution is -2.51. The number of carbonyl (C=O) groups excluding carboxylic acids is 1. The number of likely N-dealkylation sites (N-methyl/N-ethyl adjacent to an activating group) is 1.